The molecule has 6 nitrogen and oxygen atoms in total. The van der Waals surface area contributed by atoms with Gasteiger partial charge in [0.25, 0.3) is 5.56 Å². The van der Waals surface area contributed by atoms with Crippen molar-refractivity contribution < 1.29 is 9.13 Å². The zero-order valence-corrected chi connectivity index (χ0v) is 18.5. The fraction of sp³-hybridized carbons (Fsp3) is 0.160. The molecule has 0 N–H and O–H groups in total. The first kappa shape index (κ1) is 21.2. The molecule has 0 fully saturated rings. The highest BCUT2D eigenvalue weighted by molar-refractivity contribution is 7.99. The van der Waals surface area contributed by atoms with E-state index in [1.165, 1.54) is 12.1 Å². The van der Waals surface area contributed by atoms with Gasteiger partial charge in [0.1, 0.15) is 11.6 Å². The summed E-state index contributed by atoms with van der Waals surface area (Å²) in [7, 11) is 0. The molecule has 0 bridgehead atoms. The van der Waals surface area contributed by atoms with Crippen LogP contribution < -0.4 is 10.3 Å². The van der Waals surface area contributed by atoms with E-state index in [0.29, 0.717) is 30.1 Å². The summed E-state index contributed by atoms with van der Waals surface area (Å²) in [5, 5.41) is 10.1. The quantitative estimate of drug-likeness (QED) is 0.246. The molecule has 5 rings (SSSR count). The van der Waals surface area contributed by atoms with E-state index in [4.69, 9.17) is 4.74 Å². The molecule has 8 heteroatoms. The van der Waals surface area contributed by atoms with Gasteiger partial charge < -0.3 is 4.74 Å². The summed E-state index contributed by atoms with van der Waals surface area (Å²) in [6.45, 7) is 0.928. The fourth-order valence-corrected chi connectivity index (χ4v) is 4.53. The maximum Gasteiger partial charge on any atom is 0.263 e. The predicted molar refractivity (Wildman–Crippen MR) is 128 cm³/mol. The van der Waals surface area contributed by atoms with Gasteiger partial charge in [0.2, 0.25) is 5.78 Å². The van der Waals surface area contributed by atoms with Crippen LogP contribution in [0.1, 0.15) is 12.0 Å². The Morgan fingerprint density at radius 1 is 0.909 bits per heavy atom. The Kier molecular flexibility index (Phi) is 6.08. The maximum atomic E-state index is 13.2. The molecule has 0 saturated carbocycles. The molecule has 3 aromatic carbocycles. The zero-order chi connectivity index (χ0) is 22.6. The van der Waals surface area contributed by atoms with Crippen molar-refractivity contribution in [3.63, 3.8) is 0 Å². The van der Waals surface area contributed by atoms with Gasteiger partial charge in [-0.3, -0.25) is 13.8 Å². The van der Waals surface area contributed by atoms with Crippen molar-refractivity contribution in [1.82, 2.24) is 19.2 Å². The van der Waals surface area contributed by atoms with Gasteiger partial charge in [-0.15, -0.1) is 10.2 Å². The van der Waals surface area contributed by atoms with Crippen molar-refractivity contribution >= 4 is 28.4 Å². The molecule has 0 aliphatic heterocycles. The van der Waals surface area contributed by atoms with Gasteiger partial charge in [-0.1, -0.05) is 54.2 Å². The number of halogens is 1. The molecule has 0 radical (unpaired) electrons. The third kappa shape index (κ3) is 4.47. The van der Waals surface area contributed by atoms with Crippen LogP contribution >= 0.6 is 11.8 Å². The van der Waals surface area contributed by atoms with Crippen molar-refractivity contribution in [3.05, 3.63) is 101 Å². The number of rotatable bonds is 8. The normalized spacial score (nSPS) is 11.3. The van der Waals surface area contributed by atoms with Crippen LogP contribution in [-0.4, -0.2) is 31.5 Å². The average molecular weight is 461 g/mol. The average Bonchev–Trinajstić information content (AvgIpc) is 3.27. The number of ether oxygens (including phenoxy) is 1. The number of thioether (sulfide) groups is 1. The van der Waals surface area contributed by atoms with Gasteiger partial charge >= 0.3 is 0 Å². The molecule has 0 aliphatic carbocycles. The van der Waals surface area contributed by atoms with Crippen molar-refractivity contribution in [2.45, 2.75) is 18.1 Å². The number of nitrogens with zero attached hydrogens (tertiary/aromatic N) is 4. The van der Waals surface area contributed by atoms with Crippen LogP contribution in [-0.2, 0) is 6.54 Å². The first-order valence-corrected chi connectivity index (χ1v) is 11.6. The van der Waals surface area contributed by atoms with Crippen LogP contribution in [0.15, 0.2) is 88.8 Å². The summed E-state index contributed by atoms with van der Waals surface area (Å²) in [4.78, 5) is 13.2. The summed E-state index contributed by atoms with van der Waals surface area (Å²) >= 11 is 1.56. The van der Waals surface area contributed by atoms with Gasteiger partial charge in [0, 0.05) is 5.75 Å². The number of hydrogen-bond acceptors (Lipinski definition) is 5. The third-order valence-corrected chi connectivity index (χ3v) is 6.28. The topological polar surface area (TPSA) is 61.4 Å². The molecular formula is C25H21FN4O2S. The summed E-state index contributed by atoms with van der Waals surface area (Å²) in [6.07, 6.45) is 0.776. The lowest BCUT2D eigenvalue weighted by Crippen LogP contribution is -2.24. The van der Waals surface area contributed by atoms with Crippen LogP contribution in [0.3, 0.4) is 0 Å². The lowest BCUT2D eigenvalue weighted by molar-refractivity contribution is 0.318. The second-order valence-corrected chi connectivity index (χ2v) is 8.58. The van der Waals surface area contributed by atoms with E-state index in [-0.39, 0.29) is 11.4 Å². The largest absolute Gasteiger partial charge is 0.494 e. The van der Waals surface area contributed by atoms with Gasteiger partial charge in [-0.25, -0.2) is 4.39 Å². The molecule has 0 atom stereocenters. The van der Waals surface area contributed by atoms with Crippen molar-refractivity contribution in [2.75, 3.05) is 12.4 Å². The molecule has 0 spiro atoms. The molecule has 33 heavy (non-hydrogen) atoms. The van der Waals surface area contributed by atoms with Crippen LogP contribution in [0.2, 0.25) is 0 Å². The first-order chi connectivity index (χ1) is 16.2. The summed E-state index contributed by atoms with van der Waals surface area (Å²) in [6, 6.07) is 23.4. The SMILES string of the molecule is O=c1c2ccccc2n2c(SCCCOc3ccc(F)cc3)nnc2n1Cc1ccccc1. The van der Waals surface area contributed by atoms with Gasteiger partial charge in [-0.05, 0) is 48.4 Å². The maximum absolute atomic E-state index is 13.2. The van der Waals surface area contributed by atoms with E-state index in [1.807, 2.05) is 59.0 Å². The minimum absolute atomic E-state index is 0.0846. The van der Waals surface area contributed by atoms with Gasteiger partial charge in [0.15, 0.2) is 5.16 Å². The van der Waals surface area contributed by atoms with Gasteiger partial charge in [0.05, 0.1) is 24.1 Å². The Labute approximate surface area is 193 Å². The van der Waals surface area contributed by atoms with Crippen LogP contribution in [0.25, 0.3) is 16.7 Å². The van der Waals surface area contributed by atoms with E-state index < -0.39 is 0 Å². The number of benzene rings is 3. The van der Waals surface area contributed by atoms with Crippen molar-refractivity contribution in [2.24, 2.45) is 0 Å². The van der Waals surface area contributed by atoms with Gasteiger partial charge in [-0.2, -0.15) is 0 Å². The molecular weight excluding hydrogens is 439 g/mol. The van der Waals surface area contributed by atoms with E-state index in [9.17, 15) is 9.18 Å². The summed E-state index contributed by atoms with van der Waals surface area (Å²) in [5.41, 5.74) is 1.72. The Bertz CT molecular complexity index is 1450. The molecule has 0 unspecified atom stereocenters. The highest BCUT2D eigenvalue weighted by Gasteiger charge is 2.16. The minimum Gasteiger partial charge on any atom is -0.494 e. The molecule has 0 aliphatic rings. The number of fused-ring (bicyclic) bond motifs is 3. The smallest absolute Gasteiger partial charge is 0.263 e. The molecule has 2 aromatic heterocycles. The molecule has 2 heterocycles. The molecule has 166 valence electrons. The van der Waals surface area contributed by atoms with Crippen LogP contribution in [0, 0.1) is 5.82 Å². The number of hydrogen-bond donors (Lipinski definition) is 0. The Balaban J connectivity index is 1.39. The lowest BCUT2D eigenvalue weighted by Gasteiger charge is -2.11. The molecule has 0 amide bonds. The standard InChI is InChI=1S/C25H21FN4O2S/c26-19-11-13-20(14-12-19)32-15-6-16-33-25-28-27-24-29(17-18-7-2-1-3-8-18)23(31)21-9-4-5-10-22(21)30(24)25/h1-5,7-14H,6,15-17H2. The Morgan fingerprint density at radius 3 is 2.48 bits per heavy atom. The number of aromatic nitrogens is 4. The fourth-order valence-electron chi connectivity index (χ4n) is 3.68. The molecule has 5 aromatic rings. The Morgan fingerprint density at radius 2 is 1.67 bits per heavy atom. The predicted octanol–water partition coefficient (Wildman–Crippen LogP) is 4.79. The zero-order valence-electron chi connectivity index (χ0n) is 17.7. The lowest BCUT2D eigenvalue weighted by atomic mass is 10.2. The van der Waals surface area contributed by atoms with Crippen molar-refractivity contribution in [1.29, 1.82) is 0 Å². The minimum atomic E-state index is -0.283. The van der Waals surface area contributed by atoms with E-state index >= 15 is 0 Å². The summed E-state index contributed by atoms with van der Waals surface area (Å²) in [5.74, 6) is 1.64. The second kappa shape index (κ2) is 9.46. The molecule has 0 saturated heterocycles. The van der Waals surface area contributed by atoms with E-state index in [2.05, 4.69) is 10.2 Å². The Hall–Kier alpha value is -3.65. The van der Waals surface area contributed by atoms with Crippen molar-refractivity contribution in [3.8, 4) is 5.75 Å². The number of para-hydroxylation sites is 1. The van der Waals surface area contributed by atoms with Crippen LogP contribution in [0.4, 0.5) is 4.39 Å². The summed E-state index contributed by atoms with van der Waals surface area (Å²) < 4.78 is 22.3. The van der Waals surface area contributed by atoms with E-state index in [0.717, 1.165) is 28.4 Å². The van der Waals surface area contributed by atoms with E-state index in [1.54, 1.807) is 28.5 Å². The highest BCUT2D eigenvalue weighted by Crippen LogP contribution is 2.23. The first-order valence-electron chi connectivity index (χ1n) is 10.6. The second-order valence-electron chi connectivity index (χ2n) is 7.52. The highest BCUT2D eigenvalue weighted by atomic mass is 32.2. The third-order valence-electron chi connectivity index (χ3n) is 5.26. The monoisotopic (exact) mass is 460 g/mol. The van der Waals surface area contributed by atoms with Crippen LogP contribution in [0.5, 0.6) is 5.75 Å².